The van der Waals surface area contributed by atoms with Gasteiger partial charge in [0.25, 0.3) is 10.0 Å². The maximum atomic E-state index is 13.2. The van der Waals surface area contributed by atoms with Crippen molar-refractivity contribution in [1.82, 2.24) is 4.31 Å². The zero-order valence-corrected chi connectivity index (χ0v) is 17.7. The number of hydrogen-bond donors (Lipinski definition) is 1. The molecule has 2 aromatic rings. The fourth-order valence-electron chi connectivity index (χ4n) is 3.26. The van der Waals surface area contributed by atoms with Crippen LogP contribution in [0.25, 0.3) is 0 Å². The monoisotopic (exact) mass is 462 g/mol. The van der Waals surface area contributed by atoms with Gasteiger partial charge in [-0.05, 0) is 49.6 Å². The van der Waals surface area contributed by atoms with Gasteiger partial charge in [-0.1, -0.05) is 24.6 Å². The summed E-state index contributed by atoms with van der Waals surface area (Å²) in [6, 6.07) is 7.75. The maximum absolute atomic E-state index is 13.2. The first-order chi connectivity index (χ1) is 13.9. The molecule has 0 aromatic heterocycles. The van der Waals surface area contributed by atoms with Crippen LogP contribution < -0.4 is 4.72 Å². The molecule has 0 radical (unpaired) electrons. The van der Waals surface area contributed by atoms with Crippen LogP contribution in [0.1, 0.15) is 30.4 Å². The van der Waals surface area contributed by atoms with Gasteiger partial charge in [-0.25, -0.2) is 16.8 Å². The third-order valence-corrected chi connectivity index (χ3v) is 8.21. The number of piperidine rings is 1. The Balaban J connectivity index is 1.99. The predicted octanol–water partition coefficient (Wildman–Crippen LogP) is 3.99. The van der Waals surface area contributed by atoms with E-state index in [2.05, 4.69) is 4.72 Å². The molecular weight excluding hydrogens is 441 g/mol. The summed E-state index contributed by atoms with van der Waals surface area (Å²) in [5, 5.41) is 0. The number of sulfonamides is 2. The van der Waals surface area contributed by atoms with Crippen molar-refractivity contribution in [2.45, 2.75) is 42.2 Å². The molecule has 0 unspecified atom stereocenters. The number of halogens is 3. The molecule has 30 heavy (non-hydrogen) atoms. The van der Waals surface area contributed by atoms with E-state index in [4.69, 9.17) is 0 Å². The fraction of sp³-hybridized carbons (Fsp3) is 0.368. The molecule has 1 aliphatic heterocycles. The summed E-state index contributed by atoms with van der Waals surface area (Å²) in [5.41, 5.74) is -1.02. The lowest BCUT2D eigenvalue weighted by molar-refractivity contribution is -0.139. The van der Waals surface area contributed by atoms with Gasteiger partial charge < -0.3 is 0 Å². The van der Waals surface area contributed by atoms with Gasteiger partial charge in [0.15, 0.2) is 0 Å². The molecule has 3 rings (SSSR count). The van der Waals surface area contributed by atoms with E-state index < -0.39 is 36.7 Å². The molecule has 0 atom stereocenters. The summed E-state index contributed by atoms with van der Waals surface area (Å²) in [7, 11) is -8.45. The summed E-state index contributed by atoms with van der Waals surface area (Å²) in [4.78, 5) is -1.04. The number of nitrogens with zero attached hydrogens (tertiary/aromatic N) is 1. The lowest BCUT2D eigenvalue weighted by Crippen LogP contribution is -2.35. The Morgan fingerprint density at radius 2 is 1.57 bits per heavy atom. The van der Waals surface area contributed by atoms with Crippen LogP contribution in [0, 0.1) is 6.92 Å². The second kappa shape index (κ2) is 8.20. The first kappa shape index (κ1) is 22.6. The van der Waals surface area contributed by atoms with Crippen LogP contribution in [0.4, 0.5) is 18.9 Å². The zero-order valence-electron chi connectivity index (χ0n) is 16.1. The molecule has 0 aliphatic carbocycles. The highest BCUT2D eigenvalue weighted by Crippen LogP contribution is 2.35. The number of aryl methyl sites for hydroxylation is 1. The lowest BCUT2D eigenvalue weighted by atomic mass is 10.2. The number of alkyl halides is 3. The molecule has 1 N–H and O–H groups in total. The maximum Gasteiger partial charge on any atom is 0.417 e. The van der Waals surface area contributed by atoms with E-state index in [1.807, 2.05) is 0 Å². The topological polar surface area (TPSA) is 83.6 Å². The fourth-order valence-corrected chi connectivity index (χ4v) is 6.15. The van der Waals surface area contributed by atoms with Crippen molar-refractivity contribution in [2.24, 2.45) is 0 Å². The van der Waals surface area contributed by atoms with Gasteiger partial charge in [-0.15, -0.1) is 0 Å². The highest BCUT2D eigenvalue weighted by atomic mass is 32.2. The summed E-state index contributed by atoms with van der Waals surface area (Å²) >= 11 is 0. The molecule has 1 saturated heterocycles. The Kier molecular flexibility index (Phi) is 6.17. The van der Waals surface area contributed by atoms with Gasteiger partial charge >= 0.3 is 6.18 Å². The number of benzene rings is 2. The molecule has 0 saturated carbocycles. The highest BCUT2D eigenvalue weighted by molar-refractivity contribution is 7.92. The first-order valence-electron chi connectivity index (χ1n) is 9.23. The smallest absolute Gasteiger partial charge is 0.279 e. The second-order valence-corrected chi connectivity index (χ2v) is 10.6. The number of anilines is 1. The molecular formula is C19H21F3N2O4S2. The number of rotatable bonds is 5. The molecule has 0 amide bonds. The van der Waals surface area contributed by atoms with Crippen LogP contribution >= 0.6 is 0 Å². The van der Waals surface area contributed by atoms with E-state index in [1.165, 1.54) is 29.4 Å². The van der Waals surface area contributed by atoms with Crippen LogP contribution in [0.5, 0.6) is 0 Å². The van der Waals surface area contributed by atoms with Crippen molar-refractivity contribution in [3.05, 3.63) is 53.6 Å². The van der Waals surface area contributed by atoms with Crippen molar-refractivity contribution in [3.63, 3.8) is 0 Å². The van der Waals surface area contributed by atoms with Crippen LogP contribution in [-0.2, 0) is 26.2 Å². The average Bonchev–Trinajstić information content (AvgIpc) is 2.69. The molecule has 1 fully saturated rings. The Bertz CT molecular complexity index is 1140. The van der Waals surface area contributed by atoms with Crippen molar-refractivity contribution in [1.29, 1.82) is 0 Å². The molecule has 11 heteroatoms. The van der Waals surface area contributed by atoms with Gasteiger partial charge in [0, 0.05) is 13.1 Å². The number of hydrogen-bond acceptors (Lipinski definition) is 4. The normalized spacial score (nSPS) is 16.4. The van der Waals surface area contributed by atoms with Gasteiger partial charge in [0.05, 0.1) is 21.0 Å². The minimum Gasteiger partial charge on any atom is -0.279 e. The second-order valence-electron chi connectivity index (χ2n) is 7.04. The molecule has 1 aliphatic rings. The summed E-state index contributed by atoms with van der Waals surface area (Å²) in [5.74, 6) is 0. The van der Waals surface area contributed by atoms with Crippen molar-refractivity contribution < 1.29 is 30.0 Å². The van der Waals surface area contributed by atoms with Crippen molar-refractivity contribution >= 4 is 25.7 Å². The molecule has 164 valence electrons. The summed E-state index contributed by atoms with van der Waals surface area (Å²) in [6.45, 7) is 2.28. The Morgan fingerprint density at radius 3 is 2.20 bits per heavy atom. The molecule has 1 heterocycles. The van der Waals surface area contributed by atoms with Gasteiger partial charge in [-0.3, -0.25) is 4.72 Å². The van der Waals surface area contributed by atoms with Crippen LogP contribution in [0.3, 0.4) is 0 Å². The quantitative estimate of drug-likeness (QED) is 0.728. The third kappa shape index (κ3) is 4.62. The van der Waals surface area contributed by atoms with E-state index in [0.29, 0.717) is 24.7 Å². The van der Waals surface area contributed by atoms with E-state index in [0.717, 1.165) is 37.5 Å². The van der Waals surface area contributed by atoms with Gasteiger partial charge in [0.1, 0.15) is 0 Å². The zero-order chi connectivity index (χ0) is 22.2. The standard InChI is InChI=1S/C19H21F3N2O4S2/c1-14-9-10-15(30(27,28)24-11-5-2-6-12-24)13-17(14)23-29(25,26)18-8-4-3-7-16(18)19(20,21)22/h3-4,7-10,13,23H,2,5-6,11-12H2,1H3. The minimum absolute atomic E-state index is 0.0925. The van der Waals surface area contributed by atoms with E-state index in [-0.39, 0.29) is 10.6 Å². The minimum atomic E-state index is -4.86. The van der Waals surface area contributed by atoms with Gasteiger partial charge in [0.2, 0.25) is 10.0 Å². The van der Waals surface area contributed by atoms with Crippen molar-refractivity contribution in [2.75, 3.05) is 17.8 Å². The largest absolute Gasteiger partial charge is 0.417 e. The molecule has 2 aromatic carbocycles. The van der Waals surface area contributed by atoms with E-state index in [1.54, 1.807) is 0 Å². The summed E-state index contributed by atoms with van der Waals surface area (Å²) in [6.07, 6.45) is -2.46. The van der Waals surface area contributed by atoms with Crippen LogP contribution in [-0.4, -0.2) is 34.2 Å². The highest BCUT2D eigenvalue weighted by Gasteiger charge is 2.37. The van der Waals surface area contributed by atoms with E-state index in [9.17, 15) is 30.0 Å². The van der Waals surface area contributed by atoms with Crippen molar-refractivity contribution in [3.8, 4) is 0 Å². The Labute approximate surface area is 173 Å². The predicted molar refractivity (Wildman–Crippen MR) is 106 cm³/mol. The van der Waals surface area contributed by atoms with Crippen LogP contribution in [0.2, 0.25) is 0 Å². The SMILES string of the molecule is Cc1ccc(S(=O)(=O)N2CCCCC2)cc1NS(=O)(=O)c1ccccc1C(F)(F)F. The van der Waals surface area contributed by atoms with Crippen LogP contribution in [0.15, 0.2) is 52.3 Å². The average molecular weight is 463 g/mol. The first-order valence-corrected chi connectivity index (χ1v) is 12.1. The molecule has 6 nitrogen and oxygen atoms in total. The number of nitrogens with one attached hydrogen (secondary N) is 1. The summed E-state index contributed by atoms with van der Waals surface area (Å²) < 4.78 is 94.4. The Hall–Kier alpha value is -2.11. The third-order valence-electron chi connectivity index (χ3n) is 4.89. The van der Waals surface area contributed by atoms with Gasteiger partial charge in [-0.2, -0.15) is 17.5 Å². The molecule has 0 bridgehead atoms. The molecule has 0 spiro atoms. The Morgan fingerprint density at radius 1 is 0.933 bits per heavy atom. The lowest BCUT2D eigenvalue weighted by Gasteiger charge is -2.26. The van der Waals surface area contributed by atoms with E-state index >= 15 is 0 Å².